The van der Waals surface area contributed by atoms with Gasteiger partial charge in [0.25, 0.3) is 0 Å². The Kier molecular flexibility index (Phi) is 8.97. The minimum absolute atomic E-state index is 0.0352. The van der Waals surface area contributed by atoms with Crippen molar-refractivity contribution in [2.24, 2.45) is 5.92 Å². The maximum Gasteiger partial charge on any atom is 0.316 e. The normalized spacial score (nSPS) is 19.8. The molecule has 5 heteroatoms. The molecule has 33 heavy (non-hydrogen) atoms. The first kappa shape index (κ1) is 25.7. The Morgan fingerprint density at radius 3 is 2.45 bits per heavy atom. The number of likely N-dealkylation sites (tertiary alicyclic amines) is 1. The lowest BCUT2D eigenvalue weighted by molar-refractivity contribution is -0.155. The molecule has 1 aliphatic heterocycles. The predicted molar refractivity (Wildman–Crippen MR) is 131 cm³/mol. The SMILES string of the molecule is CN1CCC(COC(=O)C2(c3cccc(CCCC(=O)OC(C)(C)C)c3)CCCCC2)CC1. The quantitative estimate of drug-likeness (QED) is 0.487. The molecule has 0 atom stereocenters. The van der Waals surface area contributed by atoms with Crippen LogP contribution in [0.1, 0.15) is 89.7 Å². The maximum atomic E-state index is 13.5. The van der Waals surface area contributed by atoms with Gasteiger partial charge in [-0.25, -0.2) is 0 Å². The first-order valence-electron chi connectivity index (χ1n) is 12.8. The number of carbonyl (C=O) groups excluding carboxylic acids is 2. The Labute approximate surface area is 200 Å². The van der Waals surface area contributed by atoms with E-state index in [1.54, 1.807) is 0 Å². The van der Waals surface area contributed by atoms with E-state index in [4.69, 9.17) is 9.47 Å². The largest absolute Gasteiger partial charge is 0.465 e. The number of nitrogens with zero attached hydrogens (tertiary/aromatic N) is 1. The molecule has 1 aromatic carbocycles. The van der Waals surface area contributed by atoms with Crippen molar-refractivity contribution in [3.63, 3.8) is 0 Å². The smallest absolute Gasteiger partial charge is 0.316 e. The summed E-state index contributed by atoms with van der Waals surface area (Å²) < 4.78 is 11.4. The first-order chi connectivity index (χ1) is 15.7. The van der Waals surface area contributed by atoms with Gasteiger partial charge in [0.15, 0.2) is 0 Å². The number of rotatable bonds is 8. The second-order valence-corrected chi connectivity index (χ2v) is 11.1. The van der Waals surface area contributed by atoms with Crippen LogP contribution in [-0.4, -0.2) is 49.2 Å². The van der Waals surface area contributed by atoms with Crippen molar-refractivity contribution in [2.45, 2.75) is 96.0 Å². The van der Waals surface area contributed by atoms with Crippen LogP contribution in [0.4, 0.5) is 0 Å². The molecule has 0 bridgehead atoms. The summed E-state index contributed by atoms with van der Waals surface area (Å²) in [5.74, 6) is 0.289. The zero-order chi connectivity index (χ0) is 23.9. The highest BCUT2D eigenvalue weighted by Gasteiger charge is 2.43. The average Bonchev–Trinajstić information content (AvgIpc) is 2.78. The van der Waals surface area contributed by atoms with Crippen molar-refractivity contribution in [3.8, 4) is 0 Å². The Hall–Kier alpha value is -1.88. The predicted octanol–water partition coefficient (Wildman–Crippen LogP) is 5.44. The molecule has 184 valence electrons. The van der Waals surface area contributed by atoms with Gasteiger partial charge in [-0.05, 0) is 96.5 Å². The zero-order valence-corrected chi connectivity index (χ0v) is 21.2. The van der Waals surface area contributed by atoms with Crippen LogP contribution in [0.25, 0.3) is 0 Å². The van der Waals surface area contributed by atoms with Crippen LogP contribution in [-0.2, 0) is 30.9 Å². The van der Waals surface area contributed by atoms with Gasteiger partial charge in [-0.1, -0.05) is 43.5 Å². The summed E-state index contributed by atoms with van der Waals surface area (Å²) in [6.07, 6.45) is 9.18. The van der Waals surface area contributed by atoms with Crippen molar-refractivity contribution in [1.29, 1.82) is 0 Å². The molecule has 2 fully saturated rings. The number of aryl methyl sites for hydroxylation is 1. The summed E-state index contributed by atoms with van der Waals surface area (Å²) in [6.45, 7) is 8.39. The lowest BCUT2D eigenvalue weighted by Gasteiger charge is -2.36. The second kappa shape index (κ2) is 11.5. The summed E-state index contributed by atoms with van der Waals surface area (Å²) in [6, 6.07) is 8.43. The number of piperidine rings is 1. The van der Waals surface area contributed by atoms with Crippen molar-refractivity contribution in [2.75, 3.05) is 26.7 Å². The Morgan fingerprint density at radius 1 is 1.09 bits per heavy atom. The highest BCUT2D eigenvalue weighted by Crippen LogP contribution is 2.41. The molecule has 1 saturated heterocycles. The van der Waals surface area contributed by atoms with E-state index in [0.717, 1.165) is 70.0 Å². The van der Waals surface area contributed by atoms with Gasteiger partial charge in [0.05, 0.1) is 12.0 Å². The van der Waals surface area contributed by atoms with Crippen LogP contribution < -0.4 is 0 Å². The summed E-state index contributed by atoms with van der Waals surface area (Å²) in [4.78, 5) is 27.9. The molecule has 1 aliphatic carbocycles. The van der Waals surface area contributed by atoms with Crippen LogP contribution in [0.15, 0.2) is 24.3 Å². The zero-order valence-electron chi connectivity index (χ0n) is 21.2. The van der Waals surface area contributed by atoms with Gasteiger partial charge >= 0.3 is 11.9 Å². The Balaban J connectivity index is 1.63. The molecular weight excluding hydrogens is 414 g/mol. The van der Waals surface area contributed by atoms with Gasteiger partial charge in [-0.15, -0.1) is 0 Å². The maximum absolute atomic E-state index is 13.5. The molecule has 3 rings (SSSR count). The van der Waals surface area contributed by atoms with Crippen LogP contribution >= 0.6 is 0 Å². The molecule has 0 radical (unpaired) electrons. The lowest BCUT2D eigenvalue weighted by Crippen LogP contribution is -2.41. The minimum atomic E-state index is -0.523. The molecule has 0 spiro atoms. The number of hydrogen-bond donors (Lipinski definition) is 0. The molecule has 0 aromatic heterocycles. The van der Waals surface area contributed by atoms with Crippen LogP contribution in [0.3, 0.4) is 0 Å². The van der Waals surface area contributed by atoms with E-state index in [1.165, 1.54) is 12.0 Å². The fraction of sp³-hybridized carbons (Fsp3) is 0.714. The van der Waals surface area contributed by atoms with E-state index in [9.17, 15) is 9.59 Å². The van der Waals surface area contributed by atoms with Gasteiger partial charge in [-0.3, -0.25) is 9.59 Å². The monoisotopic (exact) mass is 457 g/mol. The van der Waals surface area contributed by atoms with Crippen molar-refractivity contribution in [3.05, 3.63) is 35.4 Å². The summed E-state index contributed by atoms with van der Waals surface area (Å²) >= 11 is 0. The van der Waals surface area contributed by atoms with E-state index in [2.05, 4.69) is 36.2 Å². The Morgan fingerprint density at radius 2 is 1.79 bits per heavy atom. The summed E-state index contributed by atoms with van der Waals surface area (Å²) in [5, 5.41) is 0. The van der Waals surface area contributed by atoms with Gasteiger partial charge in [-0.2, -0.15) is 0 Å². The first-order valence-corrected chi connectivity index (χ1v) is 12.8. The molecule has 0 amide bonds. The minimum Gasteiger partial charge on any atom is -0.465 e. The fourth-order valence-electron chi connectivity index (χ4n) is 5.18. The standard InChI is InChI=1S/C28H43NO4/c1-27(2,3)33-25(30)13-9-11-22-10-8-12-24(20-22)28(16-6-5-7-17-28)26(31)32-21-23-14-18-29(4)19-15-23/h8,10,12,20,23H,5-7,9,11,13-19,21H2,1-4H3. The van der Waals surface area contributed by atoms with Gasteiger partial charge in [0, 0.05) is 6.42 Å². The average molecular weight is 458 g/mol. The van der Waals surface area contributed by atoms with Crippen LogP contribution in [0.2, 0.25) is 0 Å². The van der Waals surface area contributed by atoms with Gasteiger partial charge < -0.3 is 14.4 Å². The third-order valence-corrected chi connectivity index (χ3v) is 7.13. The number of hydrogen-bond acceptors (Lipinski definition) is 5. The lowest BCUT2D eigenvalue weighted by atomic mass is 9.69. The Bertz CT molecular complexity index is 783. The van der Waals surface area contributed by atoms with E-state index in [1.807, 2.05) is 20.8 Å². The molecule has 1 saturated carbocycles. The van der Waals surface area contributed by atoms with Gasteiger partial charge in [0.1, 0.15) is 5.60 Å². The van der Waals surface area contributed by atoms with Crippen LogP contribution in [0, 0.1) is 5.92 Å². The molecule has 0 N–H and O–H groups in total. The second-order valence-electron chi connectivity index (χ2n) is 11.1. The number of carbonyl (C=O) groups is 2. The molecule has 2 aliphatic rings. The highest BCUT2D eigenvalue weighted by atomic mass is 16.6. The van der Waals surface area contributed by atoms with E-state index in [-0.39, 0.29) is 11.9 Å². The number of esters is 2. The molecular formula is C28H43NO4. The topological polar surface area (TPSA) is 55.8 Å². The van der Waals surface area contributed by atoms with E-state index < -0.39 is 11.0 Å². The van der Waals surface area contributed by atoms with Crippen LogP contribution in [0.5, 0.6) is 0 Å². The number of benzene rings is 1. The van der Waals surface area contributed by atoms with Crippen molar-refractivity contribution < 1.29 is 19.1 Å². The molecule has 0 unspecified atom stereocenters. The van der Waals surface area contributed by atoms with E-state index in [0.29, 0.717) is 18.9 Å². The van der Waals surface area contributed by atoms with Gasteiger partial charge in [0.2, 0.25) is 0 Å². The van der Waals surface area contributed by atoms with Crippen molar-refractivity contribution >= 4 is 11.9 Å². The highest BCUT2D eigenvalue weighted by molar-refractivity contribution is 5.83. The van der Waals surface area contributed by atoms with E-state index >= 15 is 0 Å². The molecule has 5 nitrogen and oxygen atoms in total. The number of ether oxygens (including phenoxy) is 2. The third-order valence-electron chi connectivity index (χ3n) is 7.13. The summed E-state index contributed by atoms with van der Waals surface area (Å²) in [7, 11) is 2.15. The van der Waals surface area contributed by atoms with Crippen molar-refractivity contribution in [1.82, 2.24) is 4.90 Å². The fourth-order valence-corrected chi connectivity index (χ4v) is 5.18. The summed E-state index contributed by atoms with van der Waals surface area (Å²) in [5.41, 5.74) is 1.29. The third kappa shape index (κ3) is 7.56. The molecule has 1 heterocycles. The molecule has 1 aromatic rings.